The summed E-state index contributed by atoms with van der Waals surface area (Å²) in [6.07, 6.45) is 1.74. The molecule has 0 aromatic heterocycles. The molecule has 1 saturated heterocycles. The molecule has 0 aliphatic carbocycles. The number of benzene rings is 2. The highest BCUT2D eigenvalue weighted by atomic mass is 32.2. The van der Waals surface area contributed by atoms with Gasteiger partial charge in [0.05, 0.1) is 10.5 Å². The highest BCUT2D eigenvalue weighted by Crippen LogP contribution is 2.23. The summed E-state index contributed by atoms with van der Waals surface area (Å²) < 4.78 is 32.1. The number of aryl methyl sites for hydroxylation is 2. The largest absolute Gasteiger partial charge is 0.423 e. The van der Waals surface area contributed by atoms with Gasteiger partial charge >= 0.3 is 5.97 Å². The van der Waals surface area contributed by atoms with E-state index < -0.39 is 16.0 Å². The predicted octanol–water partition coefficient (Wildman–Crippen LogP) is 3.31. The van der Waals surface area contributed by atoms with Gasteiger partial charge in [-0.3, -0.25) is 0 Å². The van der Waals surface area contributed by atoms with E-state index in [1.165, 1.54) is 16.4 Å². The number of carbonyl (C=O) groups is 1. The van der Waals surface area contributed by atoms with E-state index in [1.807, 2.05) is 19.9 Å². The van der Waals surface area contributed by atoms with Gasteiger partial charge in [0.2, 0.25) is 10.0 Å². The number of esters is 1. The van der Waals surface area contributed by atoms with Gasteiger partial charge in [0.25, 0.3) is 0 Å². The lowest BCUT2D eigenvalue weighted by molar-refractivity contribution is 0.0734. The van der Waals surface area contributed by atoms with Gasteiger partial charge in [0.1, 0.15) is 5.75 Å². The summed E-state index contributed by atoms with van der Waals surface area (Å²) >= 11 is 0. The summed E-state index contributed by atoms with van der Waals surface area (Å²) in [5.74, 6) is -0.123. The molecule has 0 atom stereocenters. The Hall–Kier alpha value is -2.18. The van der Waals surface area contributed by atoms with E-state index >= 15 is 0 Å². The number of rotatable bonds is 4. The molecule has 2 aromatic rings. The Morgan fingerprint density at radius 2 is 1.72 bits per heavy atom. The molecule has 1 aliphatic heterocycles. The Morgan fingerprint density at radius 3 is 2.40 bits per heavy atom. The third kappa shape index (κ3) is 3.75. The van der Waals surface area contributed by atoms with Gasteiger partial charge in [-0.05, 0) is 68.1 Å². The van der Waals surface area contributed by atoms with Gasteiger partial charge in [-0.25, -0.2) is 13.2 Å². The Balaban J connectivity index is 1.83. The van der Waals surface area contributed by atoms with Crippen LogP contribution >= 0.6 is 0 Å². The first-order valence-corrected chi connectivity index (χ1v) is 9.71. The molecule has 0 saturated carbocycles. The summed E-state index contributed by atoms with van der Waals surface area (Å²) in [6, 6.07) is 11.4. The van der Waals surface area contributed by atoms with Gasteiger partial charge < -0.3 is 4.74 Å². The summed E-state index contributed by atoms with van der Waals surface area (Å²) in [7, 11) is -3.55. The van der Waals surface area contributed by atoms with Crippen LogP contribution in [0.2, 0.25) is 0 Å². The second-order valence-electron chi connectivity index (χ2n) is 6.27. The third-order valence-electron chi connectivity index (χ3n) is 4.46. The fourth-order valence-corrected chi connectivity index (χ4v) is 4.37. The van der Waals surface area contributed by atoms with Crippen molar-refractivity contribution < 1.29 is 17.9 Å². The zero-order valence-electron chi connectivity index (χ0n) is 14.4. The maximum atomic E-state index is 12.6. The van der Waals surface area contributed by atoms with E-state index in [1.54, 1.807) is 24.3 Å². The van der Waals surface area contributed by atoms with Crippen LogP contribution in [0, 0.1) is 13.8 Å². The Kier molecular flexibility index (Phi) is 4.92. The van der Waals surface area contributed by atoms with Crippen LogP contribution in [0.1, 0.15) is 34.3 Å². The molecule has 1 aliphatic rings. The molecular weight excluding hydrogens is 338 g/mol. The van der Waals surface area contributed by atoms with Gasteiger partial charge in [-0.15, -0.1) is 0 Å². The quantitative estimate of drug-likeness (QED) is 0.621. The van der Waals surface area contributed by atoms with Gasteiger partial charge in [-0.2, -0.15) is 4.31 Å². The topological polar surface area (TPSA) is 63.7 Å². The lowest BCUT2D eigenvalue weighted by Gasteiger charge is -2.15. The van der Waals surface area contributed by atoms with Crippen LogP contribution in [0.15, 0.2) is 47.4 Å². The van der Waals surface area contributed by atoms with Crippen LogP contribution in [0.25, 0.3) is 0 Å². The predicted molar refractivity (Wildman–Crippen MR) is 95.3 cm³/mol. The molecule has 6 heteroatoms. The molecule has 0 bridgehead atoms. The Morgan fingerprint density at radius 1 is 1.00 bits per heavy atom. The lowest BCUT2D eigenvalue weighted by atomic mass is 10.1. The number of hydrogen-bond acceptors (Lipinski definition) is 4. The minimum Gasteiger partial charge on any atom is -0.423 e. The number of nitrogens with zero attached hydrogens (tertiary/aromatic N) is 1. The average molecular weight is 359 g/mol. The monoisotopic (exact) mass is 359 g/mol. The number of hydrogen-bond donors (Lipinski definition) is 0. The first-order valence-electron chi connectivity index (χ1n) is 8.27. The average Bonchev–Trinajstić information content (AvgIpc) is 3.14. The van der Waals surface area contributed by atoms with E-state index in [0.717, 1.165) is 24.0 Å². The molecule has 3 rings (SSSR count). The normalized spacial score (nSPS) is 15.3. The first kappa shape index (κ1) is 17.6. The van der Waals surface area contributed by atoms with E-state index in [0.29, 0.717) is 18.8 Å². The van der Waals surface area contributed by atoms with Crippen LogP contribution in [-0.2, 0) is 10.0 Å². The zero-order valence-corrected chi connectivity index (χ0v) is 15.2. The van der Waals surface area contributed by atoms with Crippen molar-refractivity contribution >= 4 is 16.0 Å². The van der Waals surface area contributed by atoms with Crippen LogP contribution in [0.5, 0.6) is 5.75 Å². The second kappa shape index (κ2) is 6.98. The zero-order chi connectivity index (χ0) is 18.0. The number of ether oxygens (including phenoxy) is 1. The van der Waals surface area contributed by atoms with Crippen molar-refractivity contribution in [3.05, 3.63) is 59.2 Å². The molecular formula is C19H21NO4S. The fraction of sp³-hybridized carbons (Fsp3) is 0.316. The summed E-state index contributed by atoms with van der Waals surface area (Å²) in [5, 5.41) is 0. The van der Waals surface area contributed by atoms with Crippen molar-refractivity contribution in [2.45, 2.75) is 31.6 Å². The number of sulfonamides is 1. The van der Waals surface area contributed by atoms with Crippen molar-refractivity contribution in [3.63, 3.8) is 0 Å². The Labute approximate surface area is 148 Å². The van der Waals surface area contributed by atoms with Crippen molar-refractivity contribution in [2.75, 3.05) is 13.1 Å². The minimum atomic E-state index is -3.55. The maximum Gasteiger partial charge on any atom is 0.343 e. The molecule has 2 aromatic carbocycles. The summed E-state index contributed by atoms with van der Waals surface area (Å²) in [4.78, 5) is 12.5. The minimum absolute atomic E-state index is 0.129. The Bertz CT molecular complexity index is 899. The first-order chi connectivity index (χ1) is 11.9. The molecule has 0 N–H and O–H groups in total. The van der Waals surface area contributed by atoms with Crippen molar-refractivity contribution in [1.82, 2.24) is 4.31 Å². The highest BCUT2D eigenvalue weighted by molar-refractivity contribution is 7.89. The SMILES string of the molecule is Cc1ccc(OC(=O)c2cccc(S(=O)(=O)N3CCCC3)c2)cc1C. The third-order valence-corrected chi connectivity index (χ3v) is 6.36. The fourth-order valence-electron chi connectivity index (χ4n) is 2.80. The molecule has 0 spiro atoms. The van der Waals surface area contributed by atoms with Gasteiger partial charge in [0.15, 0.2) is 0 Å². The molecule has 0 unspecified atom stereocenters. The van der Waals surface area contributed by atoms with Gasteiger partial charge in [-0.1, -0.05) is 12.1 Å². The number of carbonyl (C=O) groups excluding carboxylic acids is 1. The smallest absolute Gasteiger partial charge is 0.343 e. The highest BCUT2D eigenvalue weighted by Gasteiger charge is 2.27. The van der Waals surface area contributed by atoms with Crippen LogP contribution in [-0.4, -0.2) is 31.8 Å². The van der Waals surface area contributed by atoms with Crippen LogP contribution < -0.4 is 4.74 Å². The van der Waals surface area contributed by atoms with Gasteiger partial charge in [0, 0.05) is 13.1 Å². The maximum absolute atomic E-state index is 12.6. The van der Waals surface area contributed by atoms with Crippen molar-refractivity contribution in [3.8, 4) is 5.75 Å². The molecule has 1 heterocycles. The molecule has 132 valence electrons. The van der Waals surface area contributed by atoms with Crippen molar-refractivity contribution in [2.24, 2.45) is 0 Å². The van der Waals surface area contributed by atoms with E-state index in [2.05, 4.69) is 0 Å². The molecule has 1 fully saturated rings. The van der Waals surface area contributed by atoms with E-state index in [9.17, 15) is 13.2 Å². The molecule has 0 amide bonds. The molecule has 0 radical (unpaired) electrons. The van der Waals surface area contributed by atoms with E-state index in [4.69, 9.17) is 4.74 Å². The molecule has 25 heavy (non-hydrogen) atoms. The molecule has 5 nitrogen and oxygen atoms in total. The summed E-state index contributed by atoms with van der Waals surface area (Å²) in [5.41, 5.74) is 2.35. The van der Waals surface area contributed by atoms with Crippen molar-refractivity contribution in [1.29, 1.82) is 0 Å². The van der Waals surface area contributed by atoms with Crippen LogP contribution in [0.4, 0.5) is 0 Å². The lowest BCUT2D eigenvalue weighted by Crippen LogP contribution is -2.28. The second-order valence-corrected chi connectivity index (χ2v) is 8.21. The standard InChI is InChI=1S/C19H21NO4S/c1-14-8-9-17(12-15(14)2)24-19(21)16-6-5-7-18(13-16)25(22,23)20-10-3-4-11-20/h5-9,12-13H,3-4,10-11H2,1-2H3. The van der Waals surface area contributed by atoms with Crippen LogP contribution in [0.3, 0.4) is 0 Å². The van der Waals surface area contributed by atoms with E-state index in [-0.39, 0.29) is 10.5 Å². The summed E-state index contributed by atoms with van der Waals surface area (Å²) in [6.45, 7) is 4.98.